The average Bonchev–Trinajstić information content (AvgIpc) is 3.28. The molecule has 0 radical (unpaired) electrons. The quantitative estimate of drug-likeness (QED) is 0.902. The lowest BCUT2D eigenvalue weighted by atomic mass is 10.0. The SMILES string of the molecule is CC1C(=O)NC(C2CC2)C(=O)N1C(C)c1ccccn1. The first-order valence-electron chi connectivity index (χ1n) is 7.13. The number of hydrogen-bond acceptors (Lipinski definition) is 3. The van der Waals surface area contributed by atoms with E-state index in [2.05, 4.69) is 10.3 Å². The van der Waals surface area contributed by atoms with Crippen molar-refractivity contribution in [3.05, 3.63) is 30.1 Å². The van der Waals surface area contributed by atoms with Crippen LogP contribution in [0.25, 0.3) is 0 Å². The molecule has 1 saturated heterocycles. The summed E-state index contributed by atoms with van der Waals surface area (Å²) < 4.78 is 0. The van der Waals surface area contributed by atoms with Crippen molar-refractivity contribution in [1.29, 1.82) is 0 Å². The molecule has 2 amide bonds. The van der Waals surface area contributed by atoms with Crippen LogP contribution in [0.1, 0.15) is 38.4 Å². The molecule has 1 N–H and O–H groups in total. The maximum absolute atomic E-state index is 12.7. The number of carbonyl (C=O) groups excluding carboxylic acids is 2. The summed E-state index contributed by atoms with van der Waals surface area (Å²) in [4.78, 5) is 30.8. The number of nitrogens with zero attached hydrogens (tertiary/aromatic N) is 2. The van der Waals surface area contributed by atoms with E-state index in [1.807, 2.05) is 25.1 Å². The number of nitrogens with one attached hydrogen (secondary N) is 1. The second-order valence-corrected chi connectivity index (χ2v) is 5.68. The number of aromatic nitrogens is 1. The number of carbonyl (C=O) groups is 2. The van der Waals surface area contributed by atoms with Crippen LogP contribution in [0, 0.1) is 5.92 Å². The van der Waals surface area contributed by atoms with Crippen LogP contribution < -0.4 is 5.32 Å². The van der Waals surface area contributed by atoms with Crippen molar-refractivity contribution in [3.8, 4) is 0 Å². The van der Waals surface area contributed by atoms with Gasteiger partial charge < -0.3 is 10.2 Å². The molecular formula is C15H19N3O2. The number of amides is 2. The lowest BCUT2D eigenvalue weighted by molar-refractivity contribution is -0.152. The third-order valence-corrected chi connectivity index (χ3v) is 4.24. The summed E-state index contributed by atoms with van der Waals surface area (Å²) >= 11 is 0. The van der Waals surface area contributed by atoms with Gasteiger partial charge in [0.15, 0.2) is 0 Å². The molecule has 3 rings (SSSR count). The van der Waals surface area contributed by atoms with E-state index in [-0.39, 0.29) is 23.9 Å². The molecule has 0 bridgehead atoms. The van der Waals surface area contributed by atoms with E-state index in [1.165, 1.54) is 0 Å². The van der Waals surface area contributed by atoms with E-state index in [0.29, 0.717) is 5.92 Å². The van der Waals surface area contributed by atoms with Crippen molar-refractivity contribution >= 4 is 11.8 Å². The van der Waals surface area contributed by atoms with Gasteiger partial charge in [-0.1, -0.05) is 6.07 Å². The van der Waals surface area contributed by atoms with Crippen molar-refractivity contribution < 1.29 is 9.59 Å². The summed E-state index contributed by atoms with van der Waals surface area (Å²) in [5, 5.41) is 2.86. The fraction of sp³-hybridized carbons (Fsp3) is 0.533. The maximum Gasteiger partial charge on any atom is 0.246 e. The van der Waals surface area contributed by atoms with Crippen LogP contribution in [0.3, 0.4) is 0 Å². The summed E-state index contributed by atoms with van der Waals surface area (Å²) in [6.45, 7) is 3.70. The predicted octanol–water partition coefficient (Wildman–Crippen LogP) is 1.27. The van der Waals surface area contributed by atoms with Crippen molar-refractivity contribution in [1.82, 2.24) is 15.2 Å². The summed E-state index contributed by atoms with van der Waals surface area (Å²) in [6.07, 6.45) is 3.76. The predicted molar refractivity (Wildman–Crippen MR) is 73.6 cm³/mol. The standard InChI is InChI=1S/C15H19N3O2/c1-9(12-5-3-4-8-16-12)18-10(2)14(19)17-13(15(18)20)11-6-7-11/h3-5,8-11,13H,6-7H2,1-2H3,(H,17,19). The topological polar surface area (TPSA) is 62.3 Å². The Kier molecular flexibility index (Phi) is 3.20. The largest absolute Gasteiger partial charge is 0.342 e. The highest BCUT2D eigenvalue weighted by atomic mass is 16.2. The molecule has 2 heterocycles. The number of rotatable bonds is 3. The smallest absolute Gasteiger partial charge is 0.246 e. The van der Waals surface area contributed by atoms with Gasteiger partial charge >= 0.3 is 0 Å². The molecule has 0 aromatic carbocycles. The van der Waals surface area contributed by atoms with Crippen LogP contribution in [0.4, 0.5) is 0 Å². The van der Waals surface area contributed by atoms with E-state index in [4.69, 9.17) is 0 Å². The molecule has 1 aliphatic heterocycles. The molecule has 106 valence electrons. The third kappa shape index (κ3) is 2.17. The first-order chi connectivity index (χ1) is 9.59. The van der Waals surface area contributed by atoms with Crippen molar-refractivity contribution in [3.63, 3.8) is 0 Å². The Bertz CT molecular complexity index is 527. The van der Waals surface area contributed by atoms with E-state index < -0.39 is 6.04 Å². The van der Waals surface area contributed by atoms with Gasteiger partial charge in [-0.3, -0.25) is 14.6 Å². The van der Waals surface area contributed by atoms with Crippen molar-refractivity contribution in [2.75, 3.05) is 0 Å². The number of hydrogen-bond donors (Lipinski definition) is 1. The second kappa shape index (κ2) is 4.89. The van der Waals surface area contributed by atoms with Gasteiger partial charge in [0.25, 0.3) is 0 Å². The van der Waals surface area contributed by atoms with Gasteiger partial charge in [0.1, 0.15) is 12.1 Å². The lowest BCUT2D eigenvalue weighted by Crippen LogP contribution is -2.63. The first-order valence-corrected chi connectivity index (χ1v) is 7.13. The number of pyridine rings is 1. The molecule has 5 nitrogen and oxygen atoms in total. The van der Waals surface area contributed by atoms with Crippen LogP contribution in [0.15, 0.2) is 24.4 Å². The van der Waals surface area contributed by atoms with E-state index in [9.17, 15) is 9.59 Å². The van der Waals surface area contributed by atoms with Gasteiger partial charge in [-0.25, -0.2) is 0 Å². The Hall–Kier alpha value is -1.91. The highest BCUT2D eigenvalue weighted by molar-refractivity contribution is 5.97. The Labute approximate surface area is 118 Å². The fourth-order valence-corrected chi connectivity index (χ4v) is 2.85. The zero-order valence-corrected chi connectivity index (χ0v) is 11.7. The Balaban J connectivity index is 1.88. The van der Waals surface area contributed by atoms with Crippen LogP contribution in [0.2, 0.25) is 0 Å². The maximum atomic E-state index is 12.7. The minimum absolute atomic E-state index is 0.0257. The molecule has 2 fully saturated rings. The molecule has 2 aliphatic rings. The molecule has 0 spiro atoms. The molecule has 3 unspecified atom stereocenters. The minimum Gasteiger partial charge on any atom is -0.342 e. The summed E-state index contributed by atoms with van der Waals surface area (Å²) in [5.41, 5.74) is 0.817. The van der Waals surface area contributed by atoms with Crippen LogP contribution in [-0.4, -0.2) is 33.8 Å². The summed E-state index contributed by atoms with van der Waals surface area (Å²) in [5.74, 6) is 0.277. The lowest BCUT2D eigenvalue weighted by Gasteiger charge is -2.40. The molecule has 5 heteroatoms. The molecule has 1 saturated carbocycles. The van der Waals surface area contributed by atoms with Gasteiger partial charge in [0.05, 0.1) is 11.7 Å². The van der Waals surface area contributed by atoms with Crippen molar-refractivity contribution in [2.45, 2.75) is 44.8 Å². The van der Waals surface area contributed by atoms with Gasteiger partial charge in [0.2, 0.25) is 11.8 Å². The zero-order chi connectivity index (χ0) is 14.3. The van der Waals surface area contributed by atoms with Crippen LogP contribution in [-0.2, 0) is 9.59 Å². The van der Waals surface area contributed by atoms with Crippen LogP contribution in [0.5, 0.6) is 0 Å². The molecule has 1 aromatic rings. The highest BCUT2D eigenvalue weighted by Crippen LogP contribution is 2.36. The van der Waals surface area contributed by atoms with Gasteiger partial charge in [-0.05, 0) is 44.7 Å². The molecule has 1 aromatic heterocycles. The van der Waals surface area contributed by atoms with E-state index in [1.54, 1.807) is 18.0 Å². The van der Waals surface area contributed by atoms with Crippen LogP contribution >= 0.6 is 0 Å². The Morgan fingerprint density at radius 3 is 2.70 bits per heavy atom. The van der Waals surface area contributed by atoms with Gasteiger partial charge in [0, 0.05) is 6.20 Å². The third-order valence-electron chi connectivity index (χ3n) is 4.24. The minimum atomic E-state index is -0.450. The normalized spacial score (nSPS) is 28.2. The van der Waals surface area contributed by atoms with E-state index in [0.717, 1.165) is 18.5 Å². The van der Waals surface area contributed by atoms with E-state index >= 15 is 0 Å². The monoisotopic (exact) mass is 273 g/mol. The highest BCUT2D eigenvalue weighted by Gasteiger charge is 2.47. The Morgan fingerprint density at radius 2 is 2.10 bits per heavy atom. The number of piperazine rings is 1. The molecular weight excluding hydrogens is 254 g/mol. The first kappa shape index (κ1) is 13.1. The van der Waals surface area contributed by atoms with Crippen molar-refractivity contribution in [2.24, 2.45) is 5.92 Å². The van der Waals surface area contributed by atoms with Gasteiger partial charge in [-0.15, -0.1) is 0 Å². The molecule has 3 atom stereocenters. The van der Waals surface area contributed by atoms with Gasteiger partial charge in [-0.2, -0.15) is 0 Å². The fourth-order valence-electron chi connectivity index (χ4n) is 2.85. The summed E-state index contributed by atoms with van der Waals surface area (Å²) in [7, 11) is 0. The second-order valence-electron chi connectivity index (χ2n) is 5.68. The zero-order valence-electron chi connectivity index (χ0n) is 11.7. The Morgan fingerprint density at radius 1 is 1.35 bits per heavy atom. The summed E-state index contributed by atoms with van der Waals surface area (Å²) in [6, 6.07) is 4.65. The average molecular weight is 273 g/mol. The molecule has 1 aliphatic carbocycles. The molecule has 20 heavy (non-hydrogen) atoms.